The van der Waals surface area contributed by atoms with Gasteiger partial charge in [-0.3, -0.25) is 14.2 Å². The van der Waals surface area contributed by atoms with Gasteiger partial charge in [-0.2, -0.15) is 0 Å². The third-order valence-corrected chi connectivity index (χ3v) is 6.49. The van der Waals surface area contributed by atoms with Crippen molar-refractivity contribution in [2.75, 3.05) is 27.4 Å². The summed E-state index contributed by atoms with van der Waals surface area (Å²) in [6.45, 7) is 4.74. The van der Waals surface area contributed by atoms with Gasteiger partial charge in [0.1, 0.15) is 11.6 Å². The van der Waals surface area contributed by atoms with E-state index in [1.165, 1.54) is 0 Å². The maximum atomic E-state index is 13.8. The van der Waals surface area contributed by atoms with Crippen LogP contribution in [0.25, 0.3) is 16.6 Å². The lowest BCUT2D eigenvalue weighted by Crippen LogP contribution is -2.41. The lowest BCUT2D eigenvalue weighted by molar-refractivity contribution is -0.134. The summed E-state index contributed by atoms with van der Waals surface area (Å²) in [5, 5.41) is 0.538. The van der Waals surface area contributed by atoms with E-state index in [2.05, 4.69) is 0 Å². The highest BCUT2D eigenvalue weighted by Crippen LogP contribution is 2.27. The van der Waals surface area contributed by atoms with E-state index in [0.717, 1.165) is 22.6 Å². The minimum absolute atomic E-state index is 0.0627. The van der Waals surface area contributed by atoms with Gasteiger partial charge >= 0.3 is 0 Å². The lowest BCUT2D eigenvalue weighted by Gasteiger charge is -2.32. The predicted molar refractivity (Wildman–Crippen MR) is 145 cm³/mol. The third kappa shape index (κ3) is 5.73. The number of carbonyl (C=O) groups is 1. The molecule has 0 N–H and O–H groups in total. The molecule has 0 aliphatic rings. The first kappa shape index (κ1) is 26.1. The van der Waals surface area contributed by atoms with Gasteiger partial charge in [0.15, 0.2) is 0 Å². The molecule has 1 unspecified atom stereocenters. The van der Waals surface area contributed by atoms with Gasteiger partial charge in [-0.15, -0.1) is 0 Å². The second-order valence-electron chi connectivity index (χ2n) is 9.00. The van der Waals surface area contributed by atoms with Crippen LogP contribution in [-0.2, 0) is 16.0 Å². The topological polar surface area (TPSA) is 73.7 Å². The maximum Gasteiger partial charge on any atom is 0.266 e. The van der Waals surface area contributed by atoms with Gasteiger partial charge in [0.05, 0.1) is 42.8 Å². The minimum Gasteiger partial charge on any atom is -0.497 e. The number of fused-ring (bicyclic) bond motifs is 1. The number of carbonyl (C=O) groups excluding carboxylic acids is 1. The molecule has 0 aliphatic heterocycles. The van der Waals surface area contributed by atoms with E-state index in [-0.39, 0.29) is 17.9 Å². The van der Waals surface area contributed by atoms with Crippen LogP contribution in [-0.4, -0.2) is 47.7 Å². The molecule has 1 heterocycles. The molecule has 1 atom stereocenters. The number of para-hydroxylation sites is 1. The Hall–Kier alpha value is -3.97. The lowest BCUT2D eigenvalue weighted by atomic mass is 10.1. The Balaban J connectivity index is 1.83. The molecule has 4 aromatic rings. The molecule has 7 nitrogen and oxygen atoms in total. The molecule has 4 rings (SSSR count). The number of methoxy groups -OCH3 is 2. The van der Waals surface area contributed by atoms with E-state index < -0.39 is 6.04 Å². The van der Waals surface area contributed by atoms with Crippen molar-refractivity contribution in [3.05, 3.63) is 100 Å². The van der Waals surface area contributed by atoms with Crippen LogP contribution < -0.4 is 10.3 Å². The van der Waals surface area contributed by atoms with Crippen molar-refractivity contribution >= 4 is 16.8 Å². The van der Waals surface area contributed by atoms with Crippen molar-refractivity contribution in [2.24, 2.45) is 0 Å². The Bertz CT molecular complexity index is 1430. The number of rotatable bonds is 10. The summed E-state index contributed by atoms with van der Waals surface area (Å²) in [5.41, 5.74) is 3.10. The van der Waals surface area contributed by atoms with Crippen molar-refractivity contribution in [1.82, 2.24) is 14.5 Å². The summed E-state index contributed by atoms with van der Waals surface area (Å²) in [7, 11) is 3.23. The third-order valence-electron chi connectivity index (χ3n) is 6.49. The summed E-state index contributed by atoms with van der Waals surface area (Å²) in [5.74, 6) is 1.21. The first-order valence-corrected chi connectivity index (χ1v) is 12.5. The molecule has 7 heteroatoms. The zero-order valence-electron chi connectivity index (χ0n) is 21.8. The fourth-order valence-electron chi connectivity index (χ4n) is 4.60. The van der Waals surface area contributed by atoms with Crippen LogP contribution in [0.4, 0.5) is 0 Å². The Morgan fingerprint density at radius 2 is 1.78 bits per heavy atom. The summed E-state index contributed by atoms with van der Waals surface area (Å²) >= 11 is 0. The van der Waals surface area contributed by atoms with Gasteiger partial charge in [0, 0.05) is 13.7 Å². The van der Waals surface area contributed by atoms with Crippen LogP contribution in [0.15, 0.2) is 77.6 Å². The molecule has 0 fully saturated rings. The second kappa shape index (κ2) is 11.8. The average molecular weight is 500 g/mol. The number of hydrogen-bond donors (Lipinski definition) is 0. The number of amides is 1. The zero-order valence-corrected chi connectivity index (χ0v) is 21.8. The Kier molecular flexibility index (Phi) is 8.36. The van der Waals surface area contributed by atoms with Crippen LogP contribution in [0.2, 0.25) is 0 Å². The smallest absolute Gasteiger partial charge is 0.266 e. The monoisotopic (exact) mass is 499 g/mol. The van der Waals surface area contributed by atoms with E-state index >= 15 is 0 Å². The highest BCUT2D eigenvalue weighted by atomic mass is 16.5. The molecule has 0 radical (unpaired) electrons. The number of nitrogens with zero attached hydrogens (tertiary/aromatic N) is 3. The van der Waals surface area contributed by atoms with Crippen LogP contribution in [0.3, 0.4) is 0 Å². The van der Waals surface area contributed by atoms with Crippen molar-refractivity contribution in [1.29, 1.82) is 0 Å². The molecule has 0 aliphatic carbocycles. The molecule has 3 aromatic carbocycles. The van der Waals surface area contributed by atoms with Crippen LogP contribution in [0.1, 0.15) is 36.3 Å². The molecular weight excluding hydrogens is 466 g/mol. The molecule has 192 valence electrons. The van der Waals surface area contributed by atoms with Gasteiger partial charge in [-0.25, -0.2) is 4.98 Å². The fraction of sp³-hybridized carbons (Fsp3) is 0.300. The summed E-state index contributed by atoms with van der Waals surface area (Å²) in [4.78, 5) is 34.3. The number of benzene rings is 3. The molecule has 0 bridgehead atoms. The Morgan fingerprint density at radius 1 is 1.03 bits per heavy atom. The van der Waals surface area contributed by atoms with E-state index in [0.29, 0.717) is 36.3 Å². The Morgan fingerprint density at radius 3 is 2.46 bits per heavy atom. The van der Waals surface area contributed by atoms with Crippen LogP contribution in [0.5, 0.6) is 5.75 Å². The highest BCUT2D eigenvalue weighted by molar-refractivity contribution is 5.80. The molecule has 0 saturated heterocycles. The van der Waals surface area contributed by atoms with E-state index in [1.54, 1.807) is 29.8 Å². The summed E-state index contributed by atoms with van der Waals surface area (Å²) < 4.78 is 12.3. The first-order valence-electron chi connectivity index (χ1n) is 12.5. The van der Waals surface area contributed by atoms with Gasteiger partial charge in [-0.05, 0) is 60.9 Å². The number of ether oxygens (including phenoxy) is 2. The predicted octanol–water partition coefficient (Wildman–Crippen LogP) is 4.87. The van der Waals surface area contributed by atoms with Gasteiger partial charge in [-0.1, -0.05) is 43.3 Å². The van der Waals surface area contributed by atoms with E-state index in [4.69, 9.17) is 14.5 Å². The van der Waals surface area contributed by atoms with Crippen molar-refractivity contribution in [3.8, 4) is 11.4 Å². The van der Waals surface area contributed by atoms with Crippen molar-refractivity contribution in [2.45, 2.75) is 32.7 Å². The maximum absolute atomic E-state index is 13.8. The van der Waals surface area contributed by atoms with Crippen molar-refractivity contribution < 1.29 is 14.3 Å². The van der Waals surface area contributed by atoms with Gasteiger partial charge < -0.3 is 14.4 Å². The quantitative estimate of drug-likeness (QED) is 0.311. The average Bonchev–Trinajstić information content (AvgIpc) is 2.91. The van der Waals surface area contributed by atoms with Crippen LogP contribution in [0, 0.1) is 6.92 Å². The standard InChI is InChI=1S/C30H33N3O4/c1-5-27(32(17-18-36-3)28(34)20-22-13-15-24(37-4)16-14-22)29-31-26-12-7-6-11-25(26)30(35)33(29)23-10-8-9-21(2)19-23/h6-16,19,27H,5,17-18,20H2,1-4H3. The van der Waals surface area contributed by atoms with E-state index in [9.17, 15) is 9.59 Å². The SMILES string of the molecule is CCC(c1nc2ccccc2c(=O)n1-c1cccc(C)c1)N(CCOC)C(=O)Cc1ccc(OC)cc1. The van der Waals surface area contributed by atoms with Crippen LogP contribution >= 0.6 is 0 Å². The number of hydrogen-bond acceptors (Lipinski definition) is 5. The first-order chi connectivity index (χ1) is 18.0. The molecule has 1 aromatic heterocycles. The molecule has 1 amide bonds. The van der Waals surface area contributed by atoms with Crippen molar-refractivity contribution in [3.63, 3.8) is 0 Å². The zero-order chi connectivity index (χ0) is 26.4. The highest BCUT2D eigenvalue weighted by Gasteiger charge is 2.29. The summed E-state index contributed by atoms with van der Waals surface area (Å²) in [6.07, 6.45) is 0.793. The molecule has 0 spiro atoms. The van der Waals surface area contributed by atoms with Gasteiger partial charge in [0.25, 0.3) is 5.56 Å². The fourth-order valence-corrected chi connectivity index (χ4v) is 4.60. The largest absolute Gasteiger partial charge is 0.497 e. The molecular formula is C30H33N3O4. The summed E-state index contributed by atoms with van der Waals surface area (Å²) in [6, 6.07) is 22.2. The number of aromatic nitrogens is 2. The van der Waals surface area contributed by atoms with E-state index in [1.807, 2.05) is 80.6 Å². The van der Waals surface area contributed by atoms with Gasteiger partial charge in [0.2, 0.25) is 5.91 Å². The normalized spacial score (nSPS) is 11.9. The molecule has 0 saturated carbocycles. The Labute approximate surface area is 217 Å². The number of aryl methyl sites for hydroxylation is 1. The molecule has 37 heavy (non-hydrogen) atoms. The minimum atomic E-state index is -0.432. The second-order valence-corrected chi connectivity index (χ2v) is 9.00.